The summed E-state index contributed by atoms with van der Waals surface area (Å²) in [4.78, 5) is 0. The van der Waals surface area contributed by atoms with Crippen molar-refractivity contribution < 1.29 is 0 Å². The van der Waals surface area contributed by atoms with Crippen molar-refractivity contribution in [3.05, 3.63) is 70.3 Å². The number of nitrogens with one attached hydrogen (secondary N) is 1. The van der Waals surface area contributed by atoms with Crippen molar-refractivity contribution in [2.75, 3.05) is 6.54 Å². The van der Waals surface area contributed by atoms with E-state index in [1.165, 1.54) is 34.2 Å². The van der Waals surface area contributed by atoms with E-state index in [0.717, 1.165) is 13.0 Å². The molecule has 2 rings (SSSR count). The van der Waals surface area contributed by atoms with Crippen molar-refractivity contribution in [1.29, 1.82) is 0 Å². The van der Waals surface area contributed by atoms with E-state index in [-0.39, 0.29) is 6.04 Å². The Morgan fingerprint density at radius 3 is 2.48 bits per heavy atom. The first-order valence-corrected chi connectivity index (χ1v) is 8.05. The minimum absolute atomic E-state index is 0.284. The molecule has 2 aromatic rings. The third-order valence-electron chi connectivity index (χ3n) is 4.19. The van der Waals surface area contributed by atoms with E-state index < -0.39 is 0 Å². The maximum Gasteiger partial charge on any atom is 0.0579 e. The lowest BCUT2D eigenvalue weighted by atomic mass is 9.91. The topological polar surface area (TPSA) is 12.0 Å². The quantitative estimate of drug-likeness (QED) is 0.789. The van der Waals surface area contributed by atoms with Gasteiger partial charge in [0.05, 0.1) is 6.04 Å². The molecule has 0 fully saturated rings. The maximum absolute atomic E-state index is 3.65. The molecular formula is C20H27N. The van der Waals surface area contributed by atoms with Crippen LogP contribution in [0.3, 0.4) is 0 Å². The fraction of sp³-hybridized carbons (Fsp3) is 0.400. The molecule has 1 heteroatoms. The van der Waals surface area contributed by atoms with Gasteiger partial charge in [-0.1, -0.05) is 62.7 Å². The summed E-state index contributed by atoms with van der Waals surface area (Å²) in [5.41, 5.74) is 6.95. The van der Waals surface area contributed by atoms with Crippen LogP contribution in [0.1, 0.15) is 54.1 Å². The zero-order valence-corrected chi connectivity index (χ0v) is 13.7. The molecule has 0 radical (unpaired) electrons. The Labute approximate surface area is 129 Å². The normalized spacial score (nSPS) is 12.4. The number of hydrogen-bond acceptors (Lipinski definition) is 1. The summed E-state index contributed by atoms with van der Waals surface area (Å²) in [5.74, 6) is 0. The monoisotopic (exact) mass is 281 g/mol. The standard InChI is InChI=1S/C20H27N/c1-5-9-17-11-8-12-18(14-17)20(21-6-2)19-13-7-10-15(3)16(19)4/h7-8,10-14,20-21H,5-6,9H2,1-4H3. The van der Waals surface area contributed by atoms with Crippen molar-refractivity contribution in [2.45, 2.75) is 46.6 Å². The van der Waals surface area contributed by atoms with Gasteiger partial charge >= 0.3 is 0 Å². The Kier molecular flexibility index (Phi) is 5.58. The van der Waals surface area contributed by atoms with Gasteiger partial charge in [-0.15, -0.1) is 0 Å². The van der Waals surface area contributed by atoms with Gasteiger partial charge in [-0.25, -0.2) is 0 Å². The second-order valence-corrected chi connectivity index (χ2v) is 5.77. The van der Waals surface area contributed by atoms with Gasteiger partial charge in [-0.05, 0) is 54.6 Å². The van der Waals surface area contributed by atoms with Gasteiger partial charge in [0.15, 0.2) is 0 Å². The van der Waals surface area contributed by atoms with Gasteiger partial charge < -0.3 is 5.32 Å². The van der Waals surface area contributed by atoms with Crippen LogP contribution in [0.2, 0.25) is 0 Å². The first kappa shape index (κ1) is 15.8. The highest BCUT2D eigenvalue weighted by molar-refractivity contribution is 5.41. The van der Waals surface area contributed by atoms with E-state index >= 15 is 0 Å². The fourth-order valence-corrected chi connectivity index (χ4v) is 2.91. The molecule has 1 nitrogen and oxygen atoms in total. The fourth-order valence-electron chi connectivity index (χ4n) is 2.91. The van der Waals surface area contributed by atoms with Crippen molar-refractivity contribution in [2.24, 2.45) is 0 Å². The second-order valence-electron chi connectivity index (χ2n) is 5.77. The molecule has 0 aromatic heterocycles. The maximum atomic E-state index is 3.65. The molecule has 0 aliphatic heterocycles. The molecule has 0 amide bonds. The molecule has 0 saturated carbocycles. The highest BCUT2D eigenvalue weighted by Gasteiger charge is 2.16. The summed E-state index contributed by atoms with van der Waals surface area (Å²) in [6.45, 7) is 9.80. The SMILES string of the molecule is CCCc1cccc(C(NCC)c2cccc(C)c2C)c1. The largest absolute Gasteiger partial charge is 0.307 e. The molecule has 0 aliphatic carbocycles. The lowest BCUT2D eigenvalue weighted by molar-refractivity contribution is 0.626. The Balaban J connectivity index is 2.43. The molecule has 1 N–H and O–H groups in total. The Morgan fingerprint density at radius 1 is 1.00 bits per heavy atom. The van der Waals surface area contributed by atoms with Gasteiger partial charge in [0, 0.05) is 0 Å². The Hall–Kier alpha value is -1.60. The molecule has 0 aliphatic rings. The first-order chi connectivity index (χ1) is 10.2. The van der Waals surface area contributed by atoms with Crippen molar-refractivity contribution in [3.8, 4) is 0 Å². The third kappa shape index (κ3) is 3.74. The van der Waals surface area contributed by atoms with Gasteiger partial charge in [0.1, 0.15) is 0 Å². The molecule has 2 aromatic carbocycles. The summed E-state index contributed by atoms with van der Waals surface area (Å²) in [5, 5.41) is 3.65. The van der Waals surface area contributed by atoms with Gasteiger partial charge in [-0.3, -0.25) is 0 Å². The minimum atomic E-state index is 0.284. The zero-order chi connectivity index (χ0) is 15.2. The molecule has 21 heavy (non-hydrogen) atoms. The van der Waals surface area contributed by atoms with Gasteiger partial charge in [0.25, 0.3) is 0 Å². The summed E-state index contributed by atoms with van der Waals surface area (Å²) in [6.07, 6.45) is 2.35. The molecule has 0 bridgehead atoms. The molecular weight excluding hydrogens is 254 g/mol. The Morgan fingerprint density at radius 2 is 1.76 bits per heavy atom. The van der Waals surface area contributed by atoms with Crippen LogP contribution < -0.4 is 5.32 Å². The van der Waals surface area contributed by atoms with E-state index in [4.69, 9.17) is 0 Å². The molecule has 1 atom stereocenters. The summed E-state index contributed by atoms with van der Waals surface area (Å²) >= 11 is 0. The molecule has 0 heterocycles. The summed E-state index contributed by atoms with van der Waals surface area (Å²) < 4.78 is 0. The third-order valence-corrected chi connectivity index (χ3v) is 4.19. The van der Waals surface area contributed by atoms with Gasteiger partial charge in [-0.2, -0.15) is 0 Å². The van der Waals surface area contributed by atoms with Crippen molar-refractivity contribution in [1.82, 2.24) is 5.32 Å². The lowest BCUT2D eigenvalue weighted by Crippen LogP contribution is -2.23. The van der Waals surface area contributed by atoms with E-state index in [0.29, 0.717) is 0 Å². The van der Waals surface area contributed by atoms with Crippen LogP contribution in [0, 0.1) is 13.8 Å². The van der Waals surface area contributed by atoms with Crippen LogP contribution in [-0.4, -0.2) is 6.54 Å². The Bertz CT molecular complexity index is 586. The van der Waals surface area contributed by atoms with Crippen molar-refractivity contribution in [3.63, 3.8) is 0 Å². The summed E-state index contributed by atoms with van der Waals surface area (Å²) in [6, 6.07) is 15.9. The molecule has 0 saturated heterocycles. The van der Waals surface area contributed by atoms with Crippen LogP contribution >= 0.6 is 0 Å². The van der Waals surface area contributed by atoms with E-state index in [1.807, 2.05) is 0 Å². The van der Waals surface area contributed by atoms with Crippen LogP contribution in [0.5, 0.6) is 0 Å². The minimum Gasteiger partial charge on any atom is -0.307 e. The molecule has 0 spiro atoms. The van der Waals surface area contributed by atoms with Crippen LogP contribution in [0.15, 0.2) is 42.5 Å². The lowest BCUT2D eigenvalue weighted by Gasteiger charge is -2.22. The average Bonchev–Trinajstić information content (AvgIpc) is 2.49. The first-order valence-electron chi connectivity index (χ1n) is 8.05. The second kappa shape index (κ2) is 7.42. The summed E-state index contributed by atoms with van der Waals surface area (Å²) in [7, 11) is 0. The smallest absolute Gasteiger partial charge is 0.0579 e. The van der Waals surface area contributed by atoms with Gasteiger partial charge in [0.2, 0.25) is 0 Å². The number of rotatable bonds is 6. The van der Waals surface area contributed by atoms with Crippen molar-refractivity contribution >= 4 is 0 Å². The number of benzene rings is 2. The van der Waals surface area contributed by atoms with Crippen LogP contribution in [-0.2, 0) is 6.42 Å². The number of aryl methyl sites for hydroxylation is 2. The average molecular weight is 281 g/mol. The molecule has 1 unspecified atom stereocenters. The number of hydrogen-bond donors (Lipinski definition) is 1. The zero-order valence-electron chi connectivity index (χ0n) is 13.7. The van der Waals surface area contributed by atoms with E-state index in [1.54, 1.807) is 0 Å². The van der Waals surface area contributed by atoms with Crippen LogP contribution in [0.4, 0.5) is 0 Å². The van der Waals surface area contributed by atoms with Crippen LogP contribution in [0.25, 0.3) is 0 Å². The van der Waals surface area contributed by atoms with E-state index in [2.05, 4.69) is 75.5 Å². The predicted octanol–water partition coefficient (Wildman–Crippen LogP) is 4.95. The predicted molar refractivity (Wildman–Crippen MR) is 91.9 cm³/mol. The highest BCUT2D eigenvalue weighted by Crippen LogP contribution is 2.27. The highest BCUT2D eigenvalue weighted by atomic mass is 14.9. The van der Waals surface area contributed by atoms with E-state index in [9.17, 15) is 0 Å². The molecule has 112 valence electrons.